The van der Waals surface area contributed by atoms with Crippen molar-refractivity contribution < 1.29 is 4.79 Å². The van der Waals surface area contributed by atoms with E-state index in [1.807, 2.05) is 0 Å². The number of carbonyl (C=O) groups excluding carboxylic acids is 1. The summed E-state index contributed by atoms with van der Waals surface area (Å²) in [5, 5.41) is 2.58. The van der Waals surface area contributed by atoms with Gasteiger partial charge in [0.15, 0.2) is 0 Å². The molecule has 0 rings (SSSR count). The lowest BCUT2D eigenvalue weighted by atomic mass is 10.3. The van der Waals surface area contributed by atoms with Crippen LogP contribution in [0.25, 0.3) is 0 Å². The van der Waals surface area contributed by atoms with Gasteiger partial charge in [-0.25, -0.2) is 0 Å². The van der Waals surface area contributed by atoms with Gasteiger partial charge in [0, 0.05) is 13.0 Å². The van der Waals surface area contributed by atoms with Crippen molar-refractivity contribution in [1.29, 1.82) is 0 Å². The molecule has 1 amide bonds. The minimum absolute atomic E-state index is 0.0899. The minimum Gasteiger partial charge on any atom is -0.343 e. The molecular formula is C7H12N2O. The number of terminal acetylenes is 1. The summed E-state index contributed by atoms with van der Waals surface area (Å²) in [4.78, 5) is 10.7. The van der Waals surface area contributed by atoms with Gasteiger partial charge in [-0.1, -0.05) is 5.92 Å². The minimum atomic E-state index is -0.195. The monoisotopic (exact) mass is 140 g/mol. The molecule has 56 valence electrons. The topological polar surface area (TPSA) is 55.1 Å². The second-order valence-electron chi connectivity index (χ2n) is 1.99. The molecule has 0 aliphatic heterocycles. The van der Waals surface area contributed by atoms with E-state index < -0.39 is 0 Å². The molecular weight excluding hydrogens is 128 g/mol. The summed E-state index contributed by atoms with van der Waals surface area (Å²) in [6, 6.07) is -0.195. The quantitative estimate of drug-likeness (QED) is 0.518. The standard InChI is InChI=1S/C7H12N2O/c1-3-6(2)9-7(10)4-5-8/h1,6H,4-5,8H2,2H3,(H,9,10). The number of nitrogens with two attached hydrogens (primary N) is 1. The van der Waals surface area contributed by atoms with Gasteiger partial charge in [-0.15, -0.1) is 6.42 Å². The first-order chi connectivity index (χ1) is 4.70. The van der Waals surface area contributed by atoms with E-state index in [0.717, 1.165) is 0 Å². The van der Waals surface area contributed by atoms with Gasteiger partial charge in [-0.05, 0) is 6.92 Å². The molecule has 0 fully saturated rings. The first kappa shape index (κ1) is 8.99. The molecule has 0 saturated heterocycles. The van der Waals surface area contributed by atoms with Crippen molar-refractivity contribution in [1.82, 2.24) is 5.32 Å². The molecule has 0 aliphatic rings. The van der Waals surface area contributed by atoms with Crippen molar-refractivity contribution in [2.24, 2.45) is 5.73 Å². The Morgan fingerprint density at radius 2 is 2.50 bits per heavy atom. The van der Waals surface area contributed by atoms with E-state index in [1.165, 1.54) is 0 Å². The molecule has 0 aromatic heterocycles. The van der Waals surface area contributed by atoms with Gasteiger partial charge in [0.25, 0.3) is 0 Å². The summed E-state index contributed by atoms with van der Waals surface area (Å²) in [7, 11) is 0. The second-order valence-corrected chi connectivity index (χ2v) is 1.99. The number of nitrogens with one attached hydrogen (secondary N) is 1. The highest BCUT2D eigenvalue weighted by Gasteiger charge is 2.01. The van der Waals surface area contributed by atoms with Crippen LogP contribution >= 0.6 is 0 Å². The summed E-state index contributed by atoms with van der Waals surface area (Å²) >= 11 is 0. The molecule has 0 radical (unpaired) electrons. The number of rotatable bonds is 3. The van der Waals surface area contributed by atoms with Crippen LogP contribution in [0.3, 0.4) is 0 Å². The molecule has 0 heterocycles. The molecule has 3 heteroatoms. The zero-order chi connectivity index (χ0) is 7.98. The molecule has 0 aromatic carbocycles. The van der Waals surface area contributed by atoms with Crippen LogP contribution < -0.4 is 11.1 Å². The summed E-state index contributed by atoms with van der Waals surface area (Å²) in [6.45, 7) is 2.11. The van der Waals surface area contributed by atoms with E-state index in [1.54, 1.807) is 6.92 Å². The van der Waals surface area contributed by atoms with Crippen LogP contribution in [-0.4, -0.2) is 18.5 Å². The van der Waals surface area contributed by atoms with E-state index in [0.29, 0.717) is 13.0 Å². The van der Waals surface area contributed by atoms with Crippen LogP contribution in [0.4, 0.5) is 0 Å². The average Bonchev–Trinajstić information content (AvgIpc) is 1.88. The third kappa shape index (κ3) is 3.93. The fourth-order valence-corrected chi connectivity index (χ4v) is 0.486. The summed E-state index contributed by atoms with van der Waals surface area (Å²) in [6.07, 6.45) is 5.36. The van der Waals surface area contributed by atoms with Crippen LogP contribution in [0.2, 0.25) is 0 Å². The maximum absolute atomic E-state index is 10.7. The Hall–Kier alpha value is -1.01. The normalized spacial score (nSPS) is 11.7. The Morgan fingerprint density at radius 3 is 2.90 bits per heavy atom. The molecule has 0 aromatic rings. The SMILES string of the molecule is C#CC(C)NC(=O)CCN. The lowest BCUT2D eigenvalue weighted by molar-refractivity contribution is -0.121. The summed E-state index contributed by atoms with van der Waals surface area (Å²) in [5.41, 5.74) is 5.13. The molecule has 0 saturated carbocycles. The molecule has 0 spiro atoms. The van der Waals surface area contributed by atoms with Crippen LogP contribution in [0.5, 0.6) is 0 Å². The predicted octanol–water partition coefficient (Wildman–Crippen LogP) is -0.527. The van der Waals surface area contributed by atoms with Crippen molar-refractivity contribution in [3.05, 3.63) is 0 Å². The summed E-state index contributed by atoms with van der Waals surface area (Å²) in [5.74, 6) is 2.29. The molecule has 1 atom stereocenters. The van der Waals surface area contributed by atoms with Gasteiger partial charge in [0.1, 0.15) is 0 Å². The lowest BCUT2D eigenvalue weighted by Crippen LogP contribution is -2.32. The third-order valence-corrected chi connectivity index (χ3v) is 0.999. The Morgan fingerprint density at radius 1 is 1.90 bits per heavy atom. The number of carbonyl (C=O) groups is 1. The van der Waals surface area contributed by atoms with E-state index in [4.69, 9.17) is 12.2 Å². The van der Waals surface area contributed by atoms with E-state index >= 15 is 0 Å². The number of hydrogen-bond donors (Lipinski definition) is 2. The van der Waals surface area contributed by atoms with Gasteiger partial charge in [-0.2, -0.15) is 0 Å². The largest absolute Gasteiger partial charge is 0.343 e. The van der Waals surface area contributed by atoms with Gasteiger partial charge in [0.2, 0.25) is 5.91 Å². The van der Waals surface area contributed by atoms with E-state index in [9.17, 15) is 4.79 Å². The van der Waals surface area contributed by atoms with E-state index in [-0.39, 0.29) is 11.9 Å². The van der Waals surface area contributed by atoms with Crippen molar-refractivity contribution in [3.8, 4) is 12.3 Å². The van der Waals surface area contributed by atoms with Gasteiger partial charge < -0.3 is 11.1 Å². The highest BCUT2D eigenvalue weighted by atomic mass is 16.1. The number of amides is 1. The van der Waals surface area contributed by atoms with Crippen LogP contribution in [-0.2, 0) is 4.79 Å². The van der Waals surface area contributed by atoms with Crippen LogP contribution in [0.1, 0.15) is 13.3 Å². The first-order valence-corrected chi connectivity index (χ1v) is 3.16. The maximum Gasteiger partial charge on any atom is 0.222 e. The molecule has 3 N–H and O–H groups in total. The van der Waals surface area contributed by atoms with Gasteiger partial charge in [-0.3, -0.25) is 4.79 Å². The van der Waals surface area contributed by atoms with Crippen molar-refractivity contribution in [3.63, 3.8) is 0 Å². The Balaban J connectivity index is 3.49. The lowest BCUT2D eigenvalue weighted by Gasteiger charge is -2.05. The zero-order valence-corrected chi connectivity index (χ0v) is 6.05. The Labute approximate surface area is 61.0 Å². The van der Waals surface area contributed by atoms with Crippen LogP contribution in [0, 0.1) is 12.3 Å². The van der Waals surface area contributed by atoms with Crippen molar-refractivity contribution in [2.75, 3.05) is 6.54 Å². The van der Waals surface area contributed by atoms with Gasteiger partial charge >= 0.3 is 0 Å². The fourth-order valence-electron chi connectivity index (χ4n) is 0.486. The Kier molecular flexibility index (Phi) is 4.34. The zero-order valence-electron chi connectivity index (χ0n) is 6.05. The second kappa shape index (κ2) is 4.83. The highest BCUT2D eigenvalue weighted by molar-refractivity contribution is 5.76. The summed E-state index contributed by atoms with van der Waals surface area (Å²) < 4.78 is 0. The highest BCUT2D eigenvalue weighted by Crippen LogP contribution is 1.79. The van der Waals surface area contributed by atoms with E-state index in [2.05, 4.69) is 11.2 Å². The maximum atomic E-state index is 10.7. The smallest absolute Gasteiger partial charge is 0.222 e. The molecule has 3 nitrogen and oxygen atoms in total. The molecule has 10 heavy (non-hydrogen) atoms. The molecule has 0 aliphatic carbocycles. The van der Waals surface area contributed by atoms with Crippen molar-refractivity contribution in [2.45, 2.75) is 19.4 Å². The first-order valence-electron chi connectivity index (χ1n) is 3.16. The molecule has 0 bridgehead atoms. The van der Waals surface area contributed by atoms with Crippen LogP contribution in [0.15, 0.2) is 0 Å². The predicted molar refractivity (Wildman–Crippen MR) is 40.1 cm³/mol. The number of hydrogen-bond acceptors (Lipinski definition) is 2. The van der Waals surface area contributed by atoms with Crippen molar-refractivity contribution >= 4 is 5.91 Å². The van der Waals surface area contributed by atoms with Gasteiger partial charge in [0.05, 0.1) is 6.04 Å². The third-order valence-electron chi connectivity index (χ3n) is 0.999. The molecule has 1 unspecified atom stereocenters. The average molecular weight is 140 g/mol. The Bertz CT molecular complexity index is 148. The fraction of sp³-hybridized carbons (Fsp3) is 0.571.